The monoisotopic (exact) mass is 279 g/mol. The van der Waals surface area contributed by atoms with Gasteiger partial charge in [0.25, 0.3) is 0 Å². The van der Waals surface area contributed by atoms with Crippen LogP contribution in [-0.4, -0.2) is 23.9 Å². The van der Waals surface area contributed by atoms with Gasteiger partial charge in [-0.1, -0.05) is 18.2 Å². The third-order valence-electron chi connectivity index (χ3n) is 4.25. The summed E-state index contributed by atoms with van der Waals surface area (Å²) in [6.07, 6.45) is 3.03. The van der Waals surface area contributed by atoms with E-state index in [1.165, 1.54) is 0 Å². The molecule has 0 saturated heterocycles. The van der Waals surface area contributed by atoms with Crippen LogP contribution in [0.3, 0.4) is 0 Å². The van der Waals surface area contributed by atoms with Gasteiger partial charge in [0.1, 0.15) is 11.6 Å². The molecule has 4 nitrogen and oxygen atoms in total. The number of aromatic nitrogens is 1. The lowest BCUT2D eigenvalue weighted by atomic mass is 9.93. The smallest absolute Gasteiger partial charge is 0.133 e. The van der Waals surface area contributed by atoms with E-state index in [2.05, 4.69) is 16.0 Å². The Bertz CT molecular complexity index is 722. The zero-order valence-electron chi connectivity index (χ0n) is 12.0. The van der Waals surface area contributed by atoms with Gasteiger partial charge in [0.05, 0.1) is 17.1 Å². The van der Waals surface area contributed by atoms with Crippen molar-refractivity contribution in [3.8, 4) is 6.07 Å². The molecule has 0 radical (unpaired) electrons. The molecule has 0 bridgehead atoms. The lowest BCUT2D eigenvalue weighted by molar-refractivity contribution is -0.120. The lowest BCUT2D eigenvalue weighted by Gasteiger charge is -2.31. The fraction of sp³-hybridized carbons (Fsp3) is 0.353. The minimum absolute atomic E-state index is 0.322. The van der Waals surface area contributed by atoms with Crippen molar-refractivity contribution in [1.29, 1.82) is 5.26 Å². The molecule has 1 saturated carbocycles. The summed E-state index contributed by atoms with van der Waals surface area (Å²) in [4.78, 5) is 18.1. The van der Waals surface area contributed by atoms with E-state index in [0.717, 1.165) is 29.6 Å². The van der Waals surface area contributed by atoms with Crippen LogP contribution in [0.4, 0.5) is 5.82 Å². The van der Waals surface area contributed by atoms with Crippen LogP contribution < -0.4 is 4.90 Å². The predicted octanol–water partition coefficient (Wildman–Crippen LogP) is 3.05. The van der Waals surface area contributed by atoms with Crippen LogP contribution in [0.25, 0.3) is 10.9 Å². The number of hydrogen-bond acceptors (Lipinski definition) is 4. The van der Waals surface area contributed by atoms with Gasteiger partial charge >= 0.3 is 0 Å². The number of carbonyl (C=O) groups excluding carboxylic acids is 1. The molecule has 0 spiro atoms. The number of anilines is 1. The first kappa shape index (κ1) is 13.6. The van der Waals surface area contributed by atoms with E-state index in [4.69, 9.17) is 0 Å². The second kappa shape index (κ2) is 5.53. The van der Waals surface area contributed by atoms with Gasteiger partial charge in [-0.3, -0.25) is 4.79 Å². The van der Waals surface area contributed by atoms with Crippen molar-refractivity contribution in [3.63, 3.8) is 0 Å². The van der Waals surface area contributed by atoms with E-state index in [1.807, 2.05) is 37.4 Å². The average Bonchev–Trinajstić information content (AvgIpc) is 2.53. The van der Waals surface area contributed by atoms with E-state index in [-0.39, 0.29) is 0 Å². The van der Waals surface area contributed by atoms with E-state index in [9.17, 15) is 10.1 Å². The molecule has 1 heterocycles. The van der Waals surface area contributed by atoms with E-state index >= 15 is 0 Å². The molecule has 1 aliphatic carbocycles. The van der Waals surface area contributed by atoms with Gasteiger partial charge in [0, 0.05) is 31.3 Å². The minimum Gasteiger partial charge on any atom is -0.357 e. The minimum atomic E-state index is 0.322. The zero-order valence-corrected chi connectivity index (χ0v) is 12.0. The fourth-order valence-corrected chi connectivity index (χ4v) is 2.93. The summed E-state index contributed by atoms with van der Waals surface area (Å²) in [6, 6.07) is 12.1. The van der Waals surface area contributed by atoms with E-state index < -0.39 is 0 Å². The summed E-state index contributed by atoms with van der Waals surface area (Å²) in [6.45, 7) is 0. The topological polar surface area (TPSA) is 57.0 Å². The third-order valence-corrected chi connectivity index (χ3v) is 4.25. The number of hydrogen-bond donors (Lipinski definition) is 0. The molecule has 1 aromatic carbocycles. The molecule has 0 amide bonds. The summed E-state index contributed by atoms with van der Waals surface area (Å²) in [5, 5.41) is 10.2. The molecule has 21 heavy (non-hydrogen) atoms. The maximum atomic E-state index is 11.4. The van der Waals surface area contributed by atoms with Crippen LogP contribution in [-0.2, 0) is 4.79 Å². The zero-order chi connectivity index (χ0) is 14.8. The Hall–Kier alpha value is -2.41. The van der Waals surface area contributed by atoms with Gasteiger partial charge in [-0.15, -0.1) is 0 Å². The highest BCUT2D eigenvalue weighted by Gasteiger charge is 2.23. The molecule has 2 aromatic rings. The normalized spacial score (nSPS) is 15.9. The van der Waals surface area contributed by atoms with Crippen LogP contribution in [0.5, 0.6) is 0 Å². The molecule has 1 fully saturated rings. The number of benzene rings is 1. The summed E-state index contributed by atoms with van der Waals surface area (Å²) in [5.74, 6) is 1.16. The molecule has 1 aliphatic rings. The Labute approximate surface area is 124 Å². The second-order valence-corrected chi connectivity index (χ2v) is 5.54. The number of pyridine rings is 1. The summed E-state index contributed by atoms with van der Waals surface area (Å²) < 4.78 is 0. The van der Waals surface area contributed by atoms with Crippen molar-refractivity contribution in [2.75, 3.05) is 11.9 Å². The van der Waals surface area contributed by atoms with Gasteiger partial charge in [-0.05, 0) is 25.0 Å². The lowest BCUT2D eigenvalue weighted by Crippen LogP contribution is -2.35. The van der Waals surface area contributed by atoms with Crippen molar-refractivity contribution < 1.29 is 4.79 Å². The van der Waals surface area contributed by atoms with Gasteiger partial charge in [-0.2, -0.15) is 5.26 Å². The van der Waals surface area contributed by atoms with E-state index in [0.29, 0.717) is 30.2 Å². The molecule has 0 N–H and O–H groups in total. The maximum absolute atomic E-state index is 11.4. The Morgan fingerprint density at radius 1 is 1.29 bits per heavy atom. The second-order valence-electron chi connectivity index (χ2n) is 5.54. The highest BCUT2D eigenvalue weighted by molar-refractivity contribution is 5.86. The van der Waals surface area contributed by atoms with Gasteiger partial charge in [-0.25, -0.2) is 4.98 Å². The SMILES string of the molecule is CN(c1cc(C#N)c2ccccc2n1)C1CCC(=O)CC1. The first-order chi connectivity index (χ1) is 10.2. The first-order valence-electron chi connectivity index (χ1n) is 7.23. The van der Waals surface area contributed by atoms with Crippen LogP contribution in [0.15, 0.2) is 30.3 Å². The summed E-state index contributed by atoms with van der Waals surface area (Å²) >= 11 is 0. The van der Waals surface area contributed by atoms with Gasteiger partial charge in [0.15, 0.2) is 0 Å². The number of Topliss-reactive ketones (excluding diaryl/α,β-unsaturated/α-hetero) is 1. The molecule has 0 atom stereocenters. The van der Waals surface area contributed by atoms with E-state index in [1.54, 1.807) is 0 Å². The summed E-state index contributed by atoms with van der Waals surface area (Å²) in [7, 11) is 2.00. The largest absolute Gasteiger partial charge is 0.357 e. The third kappa shape index (κ3) is 2.59. The van der Waals surface area contributed by atoms with Crippen LogP contribution >= 0.6 is 0 Å². The number of ketones is 1. The molecule has 3 rings (SSSR count). The Balaban J connectivity index is 1.96. The van der Waals surface area contributed by atoms with Crippen LogP contribution in [0.1, 0.15) is 31.2 Å². The average molecular weight is 279 g/mol. The van der Waals surface area contributed by atoms with Crippen LogP contribution in [0.2, 0.25) is 0 Å². The maximum Gasteiger partial charge on any atom is 0.133 e. The number of nitriles is 1. The fourth-order valence-electron chi connectivity index (χ4n) is 2.93. The van der Waals surface area contributed by atoms with Crippen molar-refractivity contribution in [1.82, 2.24) is 4.98 Å². The Kier molecular flexibility index (Phi) is 3.57. The number of rotatable bonds is 2. The Morgan fingerprint density at radius 2 is 2.00 bits per heavy atom. The predicted molar refractivity (Wildman–Crippen MR) is 82.1 cm³/mol. The molecule has 0 aliphatic heterocycles. The highest BCUT2D eigenvalue weighted by Crippen LogP contribution is 2.27. The van der Waals surface area contributed by atoms with Crippen molar-refractivity contribution in [3.05, 3.63) is 35.9 Å². The highest BCUT2D eigenvalue weighted by atomic mass is 16.1. The number of fused-ring (bicyclic) bond motifs is 1. The Morgan fingerprint density at radius 3 is 2.71 bits per heavy atom. The summed E-state index contributed by atoms with van der Waals surface area (Å²) in [5.41, 5.74) is 1.49. The van der Waals surface area contributed by atoms with Gasteiger partial charge < -0.3 is 4.90 Å². The molecule has 0 unspecified atom stereocenters. The number of carbonyl (C=O) groups is 1. The molecular weight excluding hydrogens is 262 g/mol. The molecule has 4 heteroatoms. The van der Waals surface area contributed by atoms with Crippen LogP contribution in [0, 0.1) is 11.3 Å². The standard InChI is InChI=1S/C17H17N3O/c1-20(13-6-8-14(21)9-7-13)17-10-12(11-18)15-4-2-3-5-16(15)19-17/h2-5,10,13H,6-9H2,1H3. The first-order valence-corrected chi connectivity index (χ1v) is 7.23. The van der Waals surface area contributed by atoms with Crippen molar-refractivity contribution in [2.45, 2.75) is 31.7 Å². The quantitative estimate of drug-likeness (QED) is 0.847. The molecular formula is C17H17N3O. The number of para-hydroxylation sites is 1. The number of nitrogens with zero attached hydrogens (tertiary/aromatic N) is 3. The van der Waals surface area contributed by atoms with Gasteiger partial charge in [0.2, 0.25) is 0 Å². The molecule has 1 aromatic heterocycles. The van der Waals surface area contributed by atoms with Crippen molar-refractivity contribution in [2.24, 2.45) is 0 Å². The molecule has 106 valence electrons. The van der Waals surface area contributed by atoms with Crippen molar-refractivity contribution >= 4 is 22.5 Å².